The highest BCUT2D eigenvalue weighted by Gasteiger charge is 2.40. The molecule has 0 bridgehead atoms. The molecule has 2 aliphatic heterocycles. The Bertz CT molecular complexity index is 487. The highest BCUT2D eigenvalue weighted by Crippen LogP contribution is 2.30. The van der Waals surface area contributed by atoms with E-state index in [1.165, 1.54) is 25.8 Å². The van der Waals surface area contributed by atoms with Gasteiger partial charge in [0, 0.05) is 31.0 Å². The van der Waals surface area contributed by atoms with Crippen molar-refractivity contribution in [2.24, 2.45) is 5.92 Å². The number of carbonyl (C=O) groups excluding carboxylic acids is 1. The monoisotopic (exact) mass is 304 g/mol. The van der Waals surface area contributed by atoms with Crippen molar-refractivity contribution in [1.82, 2.24) is 19.6 Å². The number of nitrogens with zero attached hydrogens (tertiary/aromatic N) is 4. The summed E-state index contributed by atoms with van der Waals surface area (Å²) in [4.78, 5) is 17.6. The molecule has 0 aliphatic carbocycles. The Morgan fingerprint density at radius 2 is 2.05 bits per heavy atom. The standard InChI is InChI=1S/C17H28N4O/c1-3-19-10-4-7-15(19)16-8-5-12-21(16)17(22)14(2)13-20-11-6-9-18-20/h6,9,11,14-16H,3-5,7-8,10,12-13H2,1-2H3. The number of likely N-dealkylation sites (N-methyl/N-ethyl adjacent to an activating group) is 1. The van der Waals surface area contributed by atoms with E-state index in [9.17, 15) is 4.79 Å². The number of likely N-dealkylation sites (tertiary alicyclic amines) is 2. The number of hydrogen-bond acceptors (Lipinski definition) is 3. The van der Waals surface area contributed by atoms with Gasteiger partial charge in [0.25, 0.3) is 0 Å². The molecule has 5 heteroatoms. The van der Waals surface area contributed by atoms with Gasteiger partial charge >= 0.3 is 0 Å². The lowest BCUT2D eigenvalue weighted by molar-refractivity contribution is -0.137. The highest BCUT2D eigenvalue weighted by atomic mass is 16.2. The van der Waals surface area contributed by atoms with Gasteiger partial charge in [-0.05, 0) is 44.8 Å². The zero-order chi connectivity index (χ0) is 15.5. The minimum Gasteiger partial charge on any atom is -0.338 e. The van der Waals surface area contributed by atoms with Gasteiger partial charge in [0.15, 0.2) is 0 Å². The van der Waals surface area contributed by atoms with E-state index in [1.807, 2.05) is 23.9 Å². The molecule has 2 aliphatic rings. The van der Waals surface area contributed by atoms with E-state index in [2.05, 4.69) is 21.8 Å². The summed E-state index contributed by atoms with van der Waals surface area (Å²) in [6.45, 7) is 8.18. The first-order chi connectivity index (χ1) is 10.7. The molecule has 3 atom stereocenters. The van der Waals surface area contributed by atoms with Crippen LogP contribution in [-0.2, 0) is 11.3 Å². The quantitative estimate of drug-likeness (QED) is 0.835. The van der Waals surface area contributed by atoms with Crippen molar-refractivity contribution < 1.29 is 4.79 Å². The second-order valence-corrected chi connectivity index (χ2v) is 6.71. The molecule has 5 nitrogen and oxygen atoms in total. The summed E-state index contributed by atoms with van der Waals surface area (Å²) in [6.07, 6.45) is 8.55. The maximum absolute atomic E-state index is 12.9. The van der Waals surface area contributed by atoms with Crippen molar-refractivity contribution in [1.29, 1.82) is 0 Å². The second kappa shape index (κ2) is 6.82. The van der Waals surface area contributed by atoms with E-state index in [4.69, 9.17) is 0 Å². The Hall–Kier alpha value is -1.36. The summed E-state index contributed by atoms with van der Waals surface area (Å²) in [6, 6.07) is 2.91. The Kier molecular flexibility index (Phi) is 4.81. The lowest BCUT2D eigenvalue weighted by Crippen LogP contribution is -2.49. The Morgan fingerprint density at radius 3 is 2.77 bits per heavy atom. The lowest BCUT2D eigenvalue weighted by atomic mass is 10.0. The summed E-state index contributed by atoms with van der Waals surface area (Å²) >= 11 is 0. The molecule has 22 heavy (non-hydrogen) atoms. The third-order valence-corrected chi connectivity index (χ3v) is 5.29. The zero-order valence-electron chi connectivity index (χ0n) is 13.8. The molecule has 2 saturated heterocycles. The van der Waals surface area contributed by atoms with Crippen LogP contribution in [0.2, 0.25) is 0 Å². The first kappa shape index (κ1) is 15.5. The zero-order valence-corrected chi connectivity index (χ0v) is 13.8. The molecule has 1 aromatic rings. The average Bonchev–Trinajstić information content (AvgIpc) is 3.25. The summed E-state index contributed by atoms with van der Waals surface area (Å²) < 4.78 is 1.86. The number of aromatic nitrogens is 2. The maximum atomic E-state index is 12.9. The van der Waals surface area contributed by atoms with Crippen molar-refractivity contribution in [3.8, 4) is 0 Å². The van der Waals surface area contributed by atoms with Crippen LogP contribution in [0.4, 0.5) is 0 Å². The molecule has 3 unspecified atom stereocenters. The number of hydrogen-bond donors (Lipinski definition) is 0. The van der Waals surface area contributed by atoms with E-state index in [-0.39, 0.29) is 5.92 Å². The summed E-state index contributed by atoms with van der Waals surface area (Å²) in [7, 11) is 0. The van der Waals surface area contributed by atoms with Gasteiger partial charge in [0.2, 0.25) is 5.91 Å². The van der Waals surface area contributed by atoms with E-state index in [0.29, 0.717) is 24.5 Å². The minimum atomic E-state index is -0.00280. The molecular weight excluding hydrogens is 276 g/mol. The maximum Gasteiger partial charge on any atom is 0.227 e. The molecule has 0 saturated carbocycles. The summed E-state index contributed by atoms with van der Waals surface area (Å²) in [5.74, 6) is 0.304. The largest absolute Gasteiger partial charge is 0.338 e. The van der Waals surface area contributed by atoms with Crippen LogP contribution in [0.15, 0.2) is 18.5 Å². The molecule has 122 valence electrons. The van der Waals surface area contributed by atoms with Gasteiger partial charge in [-0.3, -0.25) is 14.4 Å². The lowest BCUT2D eigenvalue weighted by Gasteiger charge is -2.35. The Balaban J connectivity index is 1.65. The molecule has 1 aromatic heterocycles. The van der Waals surface area contributed by atoms with Gasteiger partial charge in [-0.15, -0.1) is 0 Å². The minimum absolute atomic E-state index is 0.00280. The molecule has 0 N–H and O–H groups in total. The van der Waals surface area contributed by atoms with Gasteiger partial charge < -0.3 is 4.90 Å². The van der Waals surface area contributed by atoms with Crippen molar-refractivity contribution in [2.45, 2.75) is 58.2 Å². The third kappa shape index (κ3) is 3.05. The topological polar surface area (TPSA) is 41.4 Å². The number of rotatable bonds is 5. The average molecular weight is 304 g/mol. The van der Waals surface area contributed by atoms with Gasteiger partial charge in [-0.2, -0.15) is 5.10 Å². The van der Waals surface area contributed by atoms with Crippen molar-refractivity contribution in [2.75, 3.05) is 19.6 Å². The van der Waals surface area contributed by atoms with Crippen LogP contribution in [0, 0.1) is 5.92 Å². The van der Waals surface area contributed by atoms with Crippen LogP contribution in [0.3, 0.4) is 0 Å². The van der Waals surface area contributed by atoms with Crippen LogP contribution in [-0.4, -0.2) is 57.2 Å². The van der Waals surface area contributed by atoms with Crippen molar-refractivity contribution in [3.05, 3.63) is 18.5 Å². The molecule has 3 heterocycles. The summed E-state index contributed by atoms with van der Waals surface area (Å²) in [5.41, 5.74) is 0. The molecule has 0 aromatic carbocycles. The predicted octanol–water partition coefficient (Wildman–Crippen LogP) is 1.99. The van der Waals surface area contributed by atoms with Crippen LogP contribution in [0.25, 0.3) is 0 Å². The fraction of sp³-hybridized carbons (Fsp3) is 0.765. The molecule has 0 spiro atoms. The van der Waals surface area contributed by atoms with Crippen LogP contribution in [0.5, 0.6) is 0 Å². The van der Waals surface area contributed by atoms with E-state index >= 15 is 0 Å². The number of amides is 1. The van der Waals surface area contributed by atoms with Crippen LogP contribution < -0.4 is 0 Å². The van der Waals surface area contributed by atoms with Crippen LogP contribution >= 0.6 is 0 Å². The smallest absolute Gasteiger partial charge is 0.227 e. The van der Waals surface area contributed by atoms with Crippen molar-refractivity contribution in [3.63, 3.8) is 0 Å². The highest BCUT2D eigenvalue weighted by molar-refractivity contribution is 5.79. The van der Waals surface area contributed by atoms with Gasteiger partial charge in [-0.1, -0.05) is 13.8 Å². The van der Waals surface area contributed by atoms with Crippen LogP contribution in [0.1, 0.15) is 39.5 Å². The first-order valence-electron chi connectivity index (χ1n) is 8.72. The summed E-state index contributed by atoms with van der Waals surface area (Å²) in [5, 5.41) is 4.22. The Morgan fingerprint density at radius 1 is 1.27 bits per heavy atom. The molecule has 2 fully saturated rings. The molecule has 1 amide bonds. The van der Waals surface area contributed by atoms with Gasteiger partial charge in [0.1, 0.15) is 0 Å². The van der Waals surface area contributed by atoms with E-state index in [1.54, 1.807) is 6.20 Å². The predicted molar refractivity (Wildman–Crippen MR) is 86.4 cm³/mol. The first-order valence-corrected chi connectivity index (χ1v) is 8.72. The number of carbonyl (C=O) groups is 1. The normalized spacial score (nSPS) is 27.5. The van der Waals surface area contributed by atoms with Crippen molar-refractivity contribution >= 4 is 5.91 Å². The SMILES string of the molecule is CCN1CCCC1C1CCCN1C(=O)C(C)Cn1cccn1. The van der Waals surface area contributed by atoms with Gasteiger partial charge in [-0.25, -0.2) is 0 Å². The third-order valence-electron chi connectivity index (χ3n) is 5.29. The van der Waals surface area contributed by atoms with E-state index in [0.717, 1.165) is 19.5 Å². The van der Waals surface area contributed by atoms with Gasteiger partial charge in [0.05, 0.1) is 12.5 Å². The molecule has 0 radical (unpaired) electrons. The molecule has 3 rings (SSSR count). The second-order valence-electron chi connectivity index (χ2n) is 6.71. The van der Waals surface area contributed by atoms with E-state index < -0.39 is 0 Å². The fourth-order valence-corrected chi connectivity index (χ4v) is 4.20. The molecular formula is C17H28N4O. The Labute approximate surface area is 133 Å². The fourth-order valence-electron chi connectivity index (χ4n) is 4.20.